The van der Waals surface area contributed by atoms with Crippen LogP contribution in [0.15, 0.2) is 54.6 Å². The Labute approximate surface area is 163 Å². The van der Waals surface area contributed by atoms with E-state index in [9.17, 15) is 9.59 Å². The van der Waals surface area contributed by atoms with Gasteiger partial charge in [-0.1, -0.05) is 47.5 Å². The molecule has 0 saturated carbocycles. The number of hydrogen-bond acceptors (Lipinski definition) is 3. The van der Waals surface area contributed by atoms with Gasteiger partial charge in [0.1, 0.15) is 0 Å². The highest BCUT2D eigenvalue weighted by Crippen LogP contribution is 2.28. The monoisotopic (exact) mass is 390 g/mol. The highest BCUT2D eigenvalue weighted by molar-refractivity contribution is 6.36. The summed E-state index contributed by atoms with van der Waals surface area (Å²) in [5.74, 6) is -0.468. The molecule has 0 bridgehead atoms. The summed E-state index contributed by atoms with van der Waals surface area (Å²) in [6, 6.07) is 11.6. The number of carbonyl (C=O) groups is 2. The second-order valence-corrected chi connectivity index (χ2v) is 6.83. The van der Waals surface area contributed by atoms with Crippen LogP contribution >= 0.6 is 23.2 Å². The molecule has 0 aliphatic heterocycles. The molecule has 1 N–H and O–H groups in total. The van der Waals surface area contributed by atoms with E-state index in [0.717, 1.165) is 5.57 Å². The number of carbonyl (C=O) groups excluding carboxylic acids is 2. The maximum absolute atomic E-state index is 13.0. The highest BCUT2D eigenvalue weighted by Gasteiger charge is 2.21. The summed E-state index contributed by atoms with van der Waals surface area (Å²) in [7, 11) is 1.62. The summed E-state index contributed by atoms with van der Waals surface area (Å²) < 4.78 is 0. The van der Waals surface area contributed by atoms with Crippen molar-refractivity contribution >= 4 is 40.6 Å². The molecule has 136 valence electrons. The van der Waals surface area contributed by atoms with Crippen molar-refractivity contribution in [1.29, 1.82) is 0 Å². The van der Waals surface area contributed by atoms with Crippen LogP contribution in [-0.2, 0) is 4.79 Å². The smallest absolute Gasteiger partial charge is 0.240 e. The van der Waals surface area contributed by atoms with Gasteiger partial charge in [0.2, 0.25) is 5.91 Å². The molecule has 4 nitrogen and oxygen atoms in total. The zero-order valence-corrected chi connectivity index (χ0v) is 16.2. The molecule has 2 rings (SSSR count). The Balaban J connectivity index is 2.32. The minimum absolute atomic E-state index is 0.131. The van der Waals surface area contributed by atoms with Crippen molar-refractivity contribution in [3.05, 3.63) is 75.8 Å². The van der Waals surface area contributed by atoms with E-state index in [1.807, 2.05) is 6.92 Å². The van der Waals surface area contributed by atoms with Crippen molar-refractivity contribution in [1.82, 2.24) is 5.32 Å². The molecule has 0 aliphatic rings. The van der Waals surface area contributed by atoms with E-state index in [2.05, 4.69) is 11.9 Å². The zero-order chi connectivity index (χ0) is 19.3. The van der Waals surface area contributed by atoms with E-state index in [-0.39, 0.29) is 18.2 Å². The van der Waals surface area contributed by atoms with Crippen LogP contribution in [0, 0.1) is 0 Å². The van der Waals surface area contributed by atoms with Crippen molar-refractivity contribution in [2.24, 2.45) is 0 Å². The van der Waals surface area contributed by atoms with Crippen LogP contribution in [0.3, 0.4) is 0 Å². The Morgan fingerprint density at radius 3 is 2.42 bits per heavy atom. The van der Waals surface area contributed by atoms with E-state index in [1.165, 1.54) is 4.90 Å². The van der Waals surface area contributed by atoms with E-state index >= 15 is 0 Å². The van der Waals surface area contributed by atoms with Gasteiger partial charge >= 0.3 is 0 Å². The second-order valence-electron chi connectivity index (χ2n) is 5.98. The van der Waals surface area contributed by atoms with Crippen molar-refractivity contribution in [2.45, 2.75) is 6.92 Å². The number of nitrogens with one attached hydrogen (secondary N) is 1. The molecule has 2 aromatic carbocycles. The quantitative estimate of drug-likeness (QED) is 0.564. The molecule has 1 amide bonds. The first-order valence-corrected chi connectivity index (χ1v) is 8.77. The van der Waals surface area contributed by atoms with Gasteiger partial charge in [0.05, 0.1) is 17.3 Å². The third kappa shape index (κ3) is 4.94. The van der Waals surface area contributed by atoms with Crippen LogP contribution in [0.5, 0.6) is 0 Å². The fourth-order valence-corrected chi connectivity index (χ4v) is 2.80. The van der Waals surface area contributed by atoms with Crippen molar-refractivity contribution in [2.75, 3.05) is 25.0 Å². The molecular weight excluding hydrogens is 371 g/mol. The van der Waals surface area contributed by atoms with Crippen LogP contribution in [0.2, 0.25) is 10.0 Å². The number of benzene rings is 2. The number of halogens is 2. The summed E-state index contributed by atoms with van der Waals surface area (Å²) in [6.07, 6.45) is 0. The number of rotatable bonds is 7. The Hall–Kier alpha value is -2.14. The predicted octanol–water partition coefficient (Wildman–Crippen LogP) is 4.35. The molecule has 6 heteroatoms. The van der Waals surface area contributed by atoms with Crippen molar-refractivity contribution < 1.29 is 9.59 Å². The molecule has 0 fully saturated rings. The first-order valence-electron chi connectivity index (χ1n) is 8.01. The number of anilines is 1. The Morgan fingerprint density at radius 1 is 1.08 bits per heavy atom. The molecule has 0 heterocycles. The first kappa shape index (κ1) is 20.2. The van der Waals surface area contributed by atoms with Crippen LogP contribution in [0.25, 0.3) is 0 Å². The molecule has 2 aromatic rings. The Bertz CT molecular complexity index is 849. The normalized spacial score (nSPS) is 10.5. The van der Waals surface area contributed by atoms with Gasteiger partial charge < -0.3 is 10.2 Å². The van der Waals surface area contributed by atoms with Gasteiger partial charge in [-0.25, -0.2) is 0 Å². The van der Waals surface area contributed by atoms with Gasteiger partial charge in [0.15, 0.2) is 5.78 Å². The van der Waals surface area contributed by atoms with Crippen LogP contribution < -0.4 is 10.2 Å². The fourth-order valence-electron chi connectivity index (χ4n) is 2.41. The van der Waals surface area contributed by atoms with E-state index in [4.69, 9.17) is 23.2 Å². The van der Waals surface area contributed by atoms with Gasteiger partial charge in [-0.2, -0.15) is 0 Å². The lowest BCUT2D eigenvalue weighted by atomic mass is 10.0. The first-order chi connectivity index (χ1) is 12.3. The average Bonchev–Trinajstić information content (AvgIpc) is 2.60. The average molecular weight is 391 g/mol. The van der Waals surface area contributed by atoms with Crippen LogP contribution in [0.4, 0.5) is 5.69 Å². The lowest BCUT2D eigenvalue weighted by Gasteiger charge is -2.21. The summed E-state index contributed by atoms with van der Waals surface area (Å²) in [6.45, 7) is 6.34. The summed E-state index contributed by atoms with van der Waals surface area (Å²) in [5, 5.41) is 3.77. The molecule has 0 atom stereocenters. The molecule has 0 saturated heterocycles. The van der Waals surface area contributed by atoms with Crippen molar-refractivity contribution in [3.8, 4) is 0 Å². The maximum Gasteiger partial charge on any atom is 0.240 e. The molecular formula is C20H20Cl2N2O2. The van der Waals surface area contributed by atoms with E-state index in [1.54, 1.807) is 49.5 Å². The van der Waals surface area contributed by atoms with Gasteiger partial charge in [0.25, 0.3) is 0 Å². The lowest BCUT2D eigenvalue weighted by molar-refractivity contribution is -0.117. The summed E-state index contributed by atoms with van der Waals surface area (Å²) in [5.41, 5.74) is 2.09. The number of likely N-dealkylation sites (N-methyl/N-ethyl adjacent to an activating group) is 1. The third-order valence-electron chi connectivity index (χ3n) is 3.76. The highest BCUT2D eigenvalue weighted by atomic mass is 35.5. The van der Waals surface area contributed by atoms with Gasteiger partial charge in [0, 0.05) is 29.7 Å². The topological polar surface area (TPSA) is 49.4 Å². The third-order valence-corrected chi connectivity index (χ3v) is 4.32. The van der Waals surface area contributed by atoms with Gasteiger partial charge in [-0.15, -0.1) is 0 Å². The van der Waals surface area contributed by atoms with Crippen LogP contribution in [0.1, 0.15) is 22.8 Å². The molecule has 0 aromatic heterocycles. The van der Waals surface area contributed by atoms with Crippen molar-refractivity contribution in [3.63, 3.8) is 0 Å². The molecule has 0 aliphatic carbocycles. The Kier molecular flexibility index (Phi) is 6.98. The van der Waals surface area contributed by atoms with Gasteiger partial charge in [-0.05, 0) is 37.3 Å². The van der Waals surface area contributed by atoms with Crippen LogP contribution in [-0.4, -0.2) is 31.8 Å². The standard InChI is InChI=1S/C20H20Cl2N2O2/c1-13(2)11-23-12-19(25)24(3)18-9-8-14(21)10-16(18)20(26)15-6-4-5-7-17(15)22/h4-10,23H,1,11-12H2,2-3H3. The predicted molar refractivity (Wildman–Crippen MR) is 107 cm³/mol. The van der Waals surface area contributed by atoms with E-state index in [0.29, 0.717) is 33.4 Å². The number of nitrogens with zero attached hydrogens (tertiary/aromatic N) is 1. The number of ketones is 1. The molecule has 0 unspecified atom stereocenters. The molecule has 0 spiro atoms. The largest absolute Gasteiger partial charge is 0.314 e. The maximum atomic E-state index is 13.0. The fraction of sp³-hybridized carbons (Fsp3) is 0.200. The number of hydrogen-bond donors (Lipinski definition) is 1. The molecule has 26 heavy (non-hydrogen) atoms. The molecule has 0 radical (unpaired) electrons. The minimum atomic E-state index is -0.289. The minimum Gasteiger partial charge on any atom is -0.314 e. The second kappa shape index (κ2) is 8.99. The van der Waals surface area contributed by atoms with E-state index < -0.39 is 0 Å². The summed E-state index contributed by atoms with van der Waals surface area (Å²) >= 11 is 12.2. The SMILES string of the molecule is C=C(C)CNCC(=O)N(C)c1ccc(Cl)cc1C(=O)c1ccccc1Cl. The van der Waals surface area contributed by atoms with Gasteiger partial charge in [-0.3, -0.25) is 9.59 Å². The zero-order valence-electron chi connectivity index (χ0n) is 14.7. The summed E-state index contributed by atoms with van der Waals surface area (Å²) in [4.78, 5) is 26.9. The number of amides is 1. The lowest BCUT2D eigenvalue weighted by Crippen LogP contribution is -2.36. The Morgan fingerprint density at radius 2 is 1.77 bits per heavy atom.